The van der Waals surface area contributed by atoms with Gasteiger partial charge in [-0.25, -0.2) is 9.78 Å². The molecule has 0 aliphatic carbocycles. The van der Waals surface area contributed by atoms with E-state index >= 15 is 0 Å². The largest absolute Gasteiger partial charge is 0.481 e. The second-order valence-corrected chi connectivity index (χ2v) is 16.9. The van der Waals surface area contributed by atoms with E-state index in [1.807, 2.05) is 0 Å². The van der Waals surface area contributed by atoms with Gasteiger partial charge in [0.15, 0.2) is 0 Å². The van der Waals surface area contributed by atoms with Crippen molar-refractivity contribution < 1.29 is 67.5 Å². The van der Waals surface area contributed by atoms with Crippen molar-refractivity contribution >= 4 is 47.0 Å². The van der Waals surface area contributed by atoms with Gasteiger partial charge in [0, 0.05) is 76.0 Å². The normalized spacial score (nSPS) is 12.0. The lowest BCUT2D eigenvalue weighted by molar-refractivity contribution is -0.142. The highest BCUT2D eigenvalue weighted by Gasteiger charge is 2.21. The zero-order chi connectivity index (χ0) is 49.2. The fourth-order valence-electron chi connectivity index (χ4n) is 7.05. The number of carbonyl (C=O) groups excluding carboxylic acids is 6. The van der Waals surface area contributed by atoms with Crippen molar-refractivity contribution in [3.05, 3.63) is 18.2 Å². The highest BCUT2D eigenvalue weighted by Crippen LogP contribution is 2.17. The van der Waals surface area contributed by atoms with E-state index in [0.29, 0.717) is 58.1 Å². The number of unbranched alkanes of at least 4 members (excludes halogenated alkanes) is 12. The van der Waals surface area contributed by atoms with Crippen molar-refractivity contribution in [3.8, 4) is 0 Å². The first-order valence-electron chi connectivity index (χ1n) is 24.5. The molecular weight excluding hydrogens is 871 g/mol. The van der Waals surface area contributed by atoms with Crippen LogP contribution in [0.4, 0.5) is 0 Å². The smallest absolute Gasteiger partial charge is 0.326 e. The molecule has 0 radical (unpaired) electrons. The first kappa shape index (κ1) is 60.4. The molecule has 67 heavy (non-hydrogen) atoms. The summed E-state index contributed by atoms with van der Waals surface area (Å²) in [4.78, 5) is 102. The van der Waals surface area contributed by atoms with Crippen molar-refractivity contribution in [3.63, 3.8) is 0 Å². The van der Waals surface area contributed by atoms with Crippen LogP contribution in [-0.2, 0) is 63.7 Å². The van der Waals surface area contributed by atoms with Crippen LogP contribution < -0.4 is 16.0 Å². The molecule has 2 atom stereocenters. The Kier molecular flexibility index (Phi) is 37.5. The fraction of sp³-hybridized carbons (Fsp3) is 0.771. The van der Waals surface area contributed by atoms with E-state index in [1.165, 1.54) is 26.2 Å². The predicted octanol–water partition coefficient (Wildman–Crippen LogP) is 5.22. The molecule has 0 saturated heterocycles. The van der Waals surface area contributed by atoms with Gasteiger partial charge in [-0.3, -0.25) is 33.6 Å². The van der Waals surface area contributed by atoms with Crippen LogP contribution in [0.1, 0.15) is 160 Å². The number of carboxylic acid groups (broad SMARTS) is 2. The summed E-state index contributed by atoms with van der Waals surface area (Å²) in [5.74, 6) is -3.19. The zero-order valence-electron chi connectivity index (χ0n) is 40.1. The van der Waals surface area contributed by atoms with Gasteiger partial charge in [0.1, 0.15) is 36.6 Å². The van der Waals surface area contributed by atoms with Gasteiger partial charge in [0.05, 0.1) is 39.4 Å². The first-order chi connectivity index (χ1) is 32.4. The van der Waals surface area contributed by atoms with Gasteiger partial charge in [-0.05, 0) is 51.9 Å². The third-order valence-electron chi connectivity index (χ3n) is 11.0. The number of hydrogen-bond donors (Lipinski definition) is 6. The molecule has 0 aliphatic rings. The summed E-state index contributed by atoms with van der Waals surface area (Å²) in [6.45, 7) is 3.33. The monoisotopic (exact) mass is 952 g/mol. The number of hydrogen-bond acceptors (Lipinski definition) is 13. The molecule has 19 nitrogen and oxygen atoms in total. The van der Waals surface area contributed by atoms with E-state index in [9.17, 15) is 43.5 Å². The number of H-pyrrole nitrogens is 1. The van der Waals surface area contributed by atoms with E-state index in [1.54, 1.807) is 12.5 Å². The number of aliphatic carboxylic acids is 2. The number of nitrogens with zero attached hydrogens (tertiary/aromatic N) is 1. The lowest BCUT2D eigenvalue weighted by Crippen LogP contribution is -2.41. The summed E-state index contributed by atoms with van der Waals surface area (Å²) < 4.78 is 21.5. The number of carbonyl (C=O) groups is 8. The third-order valence-corrected chi connectivity index (χ3v) is 11.0. The molecule has 0 aromatic carbocycles. The number of aryl methyl sites for hydroxylation is 1. The molecule has 0 saturated carbocycles. The Balaban J connectivity index is 1.92. The molecule has 0 spiro atoms. The van der Waals surface area contributed by atoms with Crippen molar-refractivity contribution in [2.24, 2.45) is 5.92 Å². The molecule has 1 aromatic rings. The van der Waals surface area contributed by atoms with E-state index in [2.05, 4.69) is 25.9 Å². The number of ketones is 3. The number of carboxylic acids is 2. The number of aromatic amines is 1. The molecule has 0 unspecified atom stereocenters. The van der Waals surface area contributed by atoms with E-state index < -0.39 is 18.0 Å². The van der Waals surface area contributed by atoms with Crippen LogP contribution in [0.2, 0.25) is 0 Å². The Morgan fingerprint density at radius 2 is 1.13 bits per heavy atom. The Morgan fingerprint density at radius 3 is 1.70 bits per heavy atom. The average molecular weight is 952 g/mol. The van der Waals surface area contributed by atoms with Crippen LogP contribution in [-0.4, -0.2) is 139 Å². The second-order valence-electron chi connectivity index (χ2n) is 16.9. The second kappa shape index (κ2) is 41.6. The molecular formula is C48H81N5O14. The summed E-state index contributed by atoms with van der Waals surface area (Å²) in [5, 5.41) is 26.2. The van der Waals surface area contributed by atoms with Crippen LogP contribution in [0, 0.1) is 5.92 Å². The highest BCUT2D eigenvalue weighted by atomic mass is 16.5. The van der Waals surface area contributed by atoms with Crippen LogP contribution >= 0.6 is 0 Å². The molecule has 1 aromatic heterocycles. The van der Waals surface area contributed by atoms with Crippen LogP contribution in [0.5, 0.6) is 0 Å². The maximum Gasteiger partial charge on any atom is 0.326 e. The van der Waals surface area contributed by atoms with Crippen molar-refractivity contribution in [1.29, 1.82) is 0 Å². The molecule has 19 heteroatoms. The topological polar surface area (TPSA) is 279 Å². The predicted molar refractivity (Wildman–Crippen MR) is 249 cm³/mol. The average Bonchev–Trinajstić information content (AvgIpc) is 3.82. The Labute approximate surface area is 396 Å². The highest BCUT2D eigenvalue weighted by molar-refractivity contribution is 5.87. The van der Waals surface area contributed by atoms with Gasteiger partial charge >= 0.3 is 11.9 Å². The van der Waals surface area contributed by atoms with Gasteiger partial charge in [-0.15, -0.1) is 0 Å². The van der Waals surface area contributed by atoms with Crippen LogP contribution in [0.15, 0.2) is 12.5 Å². The van der Waals surface area contributed by atoms with Crippen molar-refractivity contribution in [1.82, 2.24) is 25.9 Å². The quantitative estimate of drug-likeness (QED) is 0.0457. The van der Waals surface area contributed by atoms with Crippen LogP contribution in [0.3, 0.4) is 0 Å². The lowest BCUT2D eigenvalue weighted by Gasteiger charge is -2.14. The number of ether oxygens (including phenoxy) is 4. The Bertz CT molecular complexity index is 1530. The van der Waals surface area contributed by atoms with Gasteiger partial charge in [0.2, 0.25) is 17.7 Å². The minimum Gasteiger partial charge on any atom is -0.481 e. The van der Waals surface area contributed by atoms with Crippen molar-refractivity contribution in [2.75, 3.05) is 65.9 Å². The molecule has 6 N–H and O–H groups in total. The summed E-state index contributed by atoms with van der Waals surface area (Å²) in [6, 6.07) is -1.11. The van der Waals surface area contributed by atoms with E-state index in [-0.39, 0.29) is 132 Å². The van der Waals surface area contributed by atoms with Crippen molar-refractivity contribution in [2.45, 2.75) is 167 Å². The molecule has 0 bridgehead atoms. The van der Waals surface area contributed by atoms with Gasteiger partial charge in [0.25, 0.3) is 0 Å². The number of aromatic nitrogens is 2. The minimum atomic E-state index is -1.17. The summed E-state index contributed by atoms with van der Waals surface area (Å²) in [6.07, 6.45) is 19.9. The molecule has 0 fully saturated rings. The summed E-state index contributed by atoms with van der Waals surface area (Å²) in [5.41, 5.74) is 0.885. The number of imidazole rings is 1. The molecule has 3 amide bonds. The van der Waals surface area contributed by atoms with E-state index in [0.717, 1.165) is 57.1 Å². The van der Waals surface area contributed by atoms with E-state index in [4.69, 9.17) is 24.1 Å². The molecule has 382 valence electrons. The Hall–Kier alpha value is -4.59. The zero-order valence-corrected chi connectivity index (χ0v) is 40.1. The number of Topliss-reactive ketones (excluding diaryl/α,β-unsaturated/α-hetero) is 3. The van der Waals surface area contributed by atoms with Gasteiger partial charge in [-0.2, -0.15) is 0 Å². The fourth-order valence-corrected chi connectivity index (χ4v) is 7.05. The summed E-state index contributed by atoms with van der Waals surface area (Å²) in [7, 11) is 0. The molecule has 0 aliphatic heterocycles. The minimum absolute atomic E-state index is 0.00643. The number of nitrogens with one attached hydrogen (secondary N) is 4. The number of rotatable bonds is 48. The van der Waals surface area contributed by atoms with Gasteiger partial charge in [-0.1, -0.05) is 70.6 Å². The maximum absolute atomic E-state index is 12.3. The Morgan fingerprint density at radius 1 is 0.567 bits per heavy atom. The molecule has 1 rings (SSSR count). The standard InChI is InChI=1S/C48H81N5O14/c1-38(54)39(33-42(56)22-21-40-34-49-37-52-40)17-14-15-25-50-45(58)35-67-32-30-65-28-26-51-46(59)36-66-31-29-64-27-16-18-41(55)23-24-43(48(62)63)53-44(57)19-12-10-8-6-4-2-3-5-7-9-11-13-20-47(60)61/h34,37,39,43H,2-33,35-36H2,1H3,(H,49,52)(H,50,58)(H,51,59)(H,53,57)(H,60,61)(H,62,63)/t39-,43+/m1/s1. The van der Waals surface area contributed by atoms with Gasteiger partial charge < -0.3 is 50.1 Å². The first-order valence-corrected chi connectivity index (χ1v) is 24.5. The van der Waals surface area contributed by atoms with Crippen LogP contribution in [0.25, 0.3) is 0 Å². The SMILES string of the molecule is CC(=O)[C@H](CCCCNC(=O)COCCOCCNC(=O)COCCOCCCC(=O)CC[C@H](NC(=O)CCCCCCCCCCCCCCC(=O)O)C(=O)O)CC(=O)CCc1cnc[nH]1. The maximum atomic E-state index is 12.3. The molecule has 1 heterocycles. The summed E-state index contributed by atoms with van der Waals surface area (Å²) >= 11 is 0. The number of amides is 3. The third kappa shape index (κ3) is 38.1. The lowest BCUT2D eigenvalue weighted by atomic mass is 9.91.